The molecule has 1 amide bonds. The molecule has 0 radical (unpaired) electrons. The van der Waals surface area contributed by atoms with E-state index in [9.17, 15) is 18.0 Å². The summed E-state index contributed by atoms with van der Waals surface area (Å²) in [5, 5.41) is 0. The van der Waals surface area contributed by atoms with E-state index in [1.54, 1.807) is 13.8 Å². The molecule has 19 heavy (non-hydrogen) atoms. The Bertz CT molecular complexity index is 362. The van der Waals surface area contributed by atoms with Crippen LogP contribution in [-0.2, 0) is 14.3 Å². The topological polar surface area (TPSA) is 38.8 Å². The van der Waals surface area contributed by atoms with Gasteiger partial charge < -0.3 is 14.4 Å². The number of hydrogen-bond acceptors (Lipinski definition) is 3. The van der Waals surface area contributed by atoms with E-state index in [1.807, 2.05) is 0 Å². The maximum atomic E-state index is 12.3. The van der Waals surface area contributed by atoms with E-state index in [-0.39, 0.29) is 13.1 Å². The number of amides is 1. The zero-order valence-corrected chi connectivity index (χ0v) is 11.0. The van der Waals surface area contributed by atoms with Gasteiger partial charge in [-0.25, -0.2) is 0 Å². The Balaban J connectivity index is 2.10. The van der Waals surface area contributed by atoms with Crippen molar-refractivity contribution in [2.45, 2.75) is 44.1 Å². The lowest BCUT2D eigenvalue weighted by Crippen LogP contribution is -2.61. The van der Waals surface area contributed by atoms with Crippen LogP contribution in [0.3, 0.4) is 0 Å². The van der Waals surface area contributed by atoms with Crippen LogP contribution < -0.4 is 0 Å². The molecule has 0 bridgehead atoms. The summed E-state index contributed by atoms with van der Waals surface area (Å²) in [4.78, 5) is 13.0. The first-order valence-corrected chi connectivity index (χ1v) is 6.23. The van der Waals surface area contributed by atoms with Crippen LogP contribution in [0, 0.1) is 0 Å². The third-order valence-corrected chi connectivity index (χ3v) is 3.31. The number of carbonyl (C=O) groups is 1. The summed E-state index contributed by atoms with van der Waals surface area (Å²) in [5.41, 5.74) is -1.31. The molecule has 1 atom stereocenters. The minimum absolute atomic E-state index is 0.170. The van der Waals surface area contributed by atoms with Gasteiger partial charge in [0.15, 0.2) is 0 Å². The average molecular weight is 281 g/mol. The predicted octanol–water partition coefficient (Wildman–Crippen LogP) is 1.74. The Morgan fingerprint density at radius 1 is 1.32 bits per heavy atom. The smallest absolute Gasteiger partial charge is 0.378 e. The second-order valence-corrected chi connectivity index (χ2v) is 5.89. The quantitative estimate of drug-likeness (QED) is 0.735. The van der Waals surface area contributed by atoms with E-state index in [0.29, 0.717) is 19.6 Å². The van der Waals surface area contributed by atoms with Crippen molar-refractivity contribution >= 4 is 5.91 Å². The molecule has 0 aromatic heterocycles. The summed E-state index contributed by atoms with van der Waals surface area (Å²) >= 11 is 0. The molecule has 2 rings (SSSR count). The maximum Gasteiger partial charge on any atom is 0.397 e. The minimum Gasteiger partial charge on any atom is -0.378 e. The van der Waals surface area contributed by atoms with Crippen molar-refractivity contribution in [3.63, 3.8) is 0 Å². The molecule has 0 aromatic carbocycles. The summed E-state index contributed by atoms with van der Waals surface area (Å²) in [5.74, 6) is -0.893. The number of carbonyl (C=O) groups excluding carboxylic acids is 1. The van der Waals surface area contributed by atoms with Gasteiger partial charge in [0, 0.05) is 19.6 Å². The highest BCUT2D eigenvalue weighted by Gasteiger charge is 2.49. The Morgan fingerprint density at radius 3 is 2.53 bits per heavy atom. The lowest BCUT2D eigenvalue weighted by molar-refractivity contribution is -0.205. The molecule has 0 aliphatic carbocycles. The number of hydrogen-bond donors (Lipinski definition) is 0. The summed E-state index contributed by atoms with van der Waals surface area (Å²) in [6.45, 7) is 4.73. The maximum absolute atomic E-state index is 12.3. The Labute approximate surface area is 109 Å². The zero-order valence-electron chi connectivity index (χ0n) is 11.0. The van der Waals surface area contributed by atoms with Crippen molar-refractivity contribution in [3.05, 3.63) is 0 Å². The van der Waals surface area contributed by atoms with E-state index in [1.165, 1.54) is 4.90 Å². The van der Waals surface area contributed by atoms with Crippen LogP contribution in [0.5, 0.6) is 0 Å². The largest absolute Gasteiger partial charge is 0.397 e. The molecule has 110 valence electrons. The number of nitrogens with zero attached hydrogens (tertiary/aromatic N) is 1. The number of ether oxygens (including phenoxy) is 2. The Morgan fingerprint density at radius 2 is 2.00 bits per heavy atom. The van der Waals surface area contributed by atoms with Crippen molar-refractivity contribution < 1.29 is 27.4 Å². The fourth-order valence-corrected chi connectivity index (χ4v) is 2.77. The van der Waals surface area contributed by atoms with Crippen LogP contribution in [-0.4, -0.2) is 54.5 Å². The van der Waals surface area contributed by atoms with Gasteiger partial charge in [0.05, 0.1) is 18.8 Å². The first-order valence-electron chi connectivity index (χ1n) is 6.23. The highest BCUT2D eigenvalue weighted by molar-refractivity contribution is 5.77. The van der Waals surface area contributed by atoms with E-state index in [2.05, 4.69) is 0 Å². The molecule has 4 nitrogen and oxygen atoms in total. The molecule has 2 fully saturated rings. The van der Waals surface area contributed by atoms with Crippen LogP contribution >= 0.6 is 0 Å². The van der Waals surface area contributed by atoms with Crippen molar-refractivity contribution in [2.24, 2.45) is 0 Å². The van der Waals surface area contributed by atoms with E-state index in [4.69, 9.17) is 9.47 Å². The predicted molar refractivity (Wildman–Crippen MR) is 60.6 cm³/mol. The number of alkyl halides is 3. The molecule has 0 saturated carbocycles. The summed E-state index contributed by atoms with van der Waals surface area (Å²) in [6.07, 6.45) is -5.29. The van der Waals surface area contributed by atoms with Crippen LogP contribution in [0.1, 0.15) is 26.7 Å². The molecular formula is C12H18F3NO3. The average Bonchev–Trinajstić information content (AvgIpc) is 2.60. The highest BCUT2D eigenvalue weighted by Crippen LogP contribution is 2.35. The van der Waals surface area contributed by atoms with Gasteiger partial charge in [-0.15, -0.1) is 0 Å². The number of morpholine rings is 1. The van der Waals surface area contributed by atoms with Crippen LogP contribution in [0.25, 0.3) is 0 Å². The third kappa shape index (κ3) is 3.60. The second kappa shape index (κ2) is 4.63. The van der Waals surface area contributed by atoms with E-state index < -0.39 is 29.7 Å². The fraction of sp³-hybridized carbons (Fsp3) is 0.917. The highest BCUT2D eigenvalue weighted by atomic mass is 19.4. The van der Waals surface area contributed by atoms with Crippen molar-refractivity contribution in [1.82, 2.24) is 4.90 Å². The van der Waals surface area contributed by atoms with E-state index in [0.717, 1.165) is 0 Å². The van der Waals surface area contributed by atoms with Gasteiger partial charge in [0.1, 0.15) is 12.0 Å². The lowest BCUT2D eigenvalue weighted by Gasteiger charge is -2.48. The van der Waals surface area contributed by atoms with Crippen LogP contribution in [0.4, 0.5) is 13.2 Å². The fourth-order valence-electron chi connectivity index (χ4n) is 2.77. The van der Waals surface area contributed by atoms with Gasteiger partial charge in [-0.1, -0.05) is 0 Å². The van der Waals surface area contributed by atoms with Gasteiger partial charge in [-0.2, -0.15) is 13.2 Å². The van der Waals surface area contributed by atoms with Gasteiger partial charge in [-0.05, 0) is 13.8 Å². The molecule has 7 heteroatoms. The summed E-state index contributed by atoms with van der Waals surface area (Å²) in [7, 11) is 0. The second-order valence-electron chi connectivity index (χ2n) is 5.89. The van der Waals surface area contributed by atoms with Crippen molar-refractivity contribution in [1.29, 1.82) is 0 Å². The number of rotatable bonds is 1. The Hall–Kier alpha value is -0.820. The van der Waals surface area contributed by atoms with Gasteiger partial charge >= 0.3 is 6.18 Å². The molecule has 2 aliphatic rings. The SMILES string of the molecule is CC1(C)CN(C(=O)CC(F)(F)F)CC2(CCOC2)O1. The first-order chi connectivity index (χ1) is 8.61. The molecule has 0 N–H and O–H groups in total. The zero-order chi connectivity index (χ0) is 14.3. The molecule has 2 saturated heterocycles. The van der Waals surface area contributed by atoms with Gasteiger partial charge in [0.2, 0.25) is 5.91 Å². The molecule has 2 heterocycles. The van der Waals surface area contributed by atoms with E-state index >= 15 is 0 Å². The minimum atomic E-state index is -4.47. The standard InChI is InChI=1S/C12H18F3NO3/c1-10(2)6-16(9(17)5-12(13,14)15)7-11(19-10)3-4-18-8-11/h3-8H2,1-2H3. The lowest BCUT2D eigenvalue weighted by atomic mass is 9.94. The molecule has 0 aromatic rings. The van der Waals surface area contributed by atoms with Crippen LogP contribution in [0.15, 0.2) is 0 Å². The number of halogens is 3. The molecule has 1 unspecified atom stereocenters. The third-order valence-electron chi connectivity index (χ3n) is 3.31. The van der Waals surface area contributed by atoms with Crippen LogP contribution in [0.2, 0.25) is 0 Å². The molecule has 1 spiro atoms. The Kier molecular flexibility index (Phi) is 3.55. The molecular weight excluding hydrogens is 263 g/mol. The van der Waals surface area contributed by atoms with Gasteiger partial charge in [-0.3, -0.25) is 4.79 Å². The summed E-state index contributed by atoms with van der Waals surface area (Å²) in [6, 6.07) is 0. The van der Waals surface area contributed by atoms with Crippen molar-refractivity contribution in [3.8, 4) is 0 Å². The van der Waals surface area contributed by atoms with Crippen molar-refractivity contribution in [2.75, 3.05) is 26.3 Å². The monoisotopic (exact) mass is 281 g/mol. The summed E-state index contributed by atoms with van der Waals surface area (Å²) < 4.78 is 48.2. The first kappa shape index (κ1) is 14.6. The molecule has 2 aliphatic heterocycles. The normalized spacial score (nSPS) is 30.9. The van der Waals surface area contributed by atoms with Gasteiger partial charge in [0.25, 0.3) is 0 Å².